The highest BCUT2D eigenvalue weighted by atomic mass is 14.9. The number of hydrogen-bond donors (Lipinski definition) is 1. The highest BCUT2D eigenvalue weighted by molar-refractivity contribution is 5.29. The molecule has 1 heteroatoms. The summed E-state index contributed by atoms with van der Waals surface area (Å²) in [5.74, 6) is 0.794. The average molecular weight is 205 g/mol. The Morgan fingerprint density at radius 3 is 2.27 bits per heavy atom. The largest absolute Gasteiger partial charge is 0.317 e. The maximum absolute atomic E-state index is 3.40. The normalized spacial score (nSPS) is 16.7. The number of rotatable bonds is 1. The van der Waals surface area contributed by atoms with Gasteiger partial charge in [0.25, 0.3) is 0 Å². The van der Waals surface area contributed by atoms with Crippen LogP contribution in [0.2, 0.25) is 0 Å². The molecule has 84 valence electrons. The van der Waals surface area contributed by atoms with E-state index in [0.717, 1.165) is 5.92 Å². The Morgan fingerprint density at radius 2 is 1.67 bits per heavy atom. The molecule has 1 nitrogen and oxygen atoms in total. The molecular weight excluding hydrogens is 182 g/mol. The van der Waals surface area contributed by atoms with E-state index in [1.165, 1.54) is 31.5 Å². The summed E-state index contributed by atoms with van der Waals surface area (Å²) in [6, 6.07) is 8.78. The molecule has 1 saturated heterocycles. The molecule has 1 heterocycles. The monoisotopic (exact) mass is 205 g/mol. The van der Waals surface area contributed by atoms with Crippen LogP contribution in [0.15, 0.2) is 24.3 Å². The second kappa shape index (κ2) is 6.62. The summed E-state index contributed by atoms with van der Waals surface area (Å²) in [5.41, 5.74) is 3.01. The summed E-state index contributed by atoms with van der Waals surface area (Å²) in [7, 11) is 0. The maximum Gasteiger partial charge on any atom is -0.00431 e. The van der Waals surface area contributed by atoms with Crippen LogP contribution in [-0.4, -0.2) is 13.1 Å². The number of hydrogen-bond acceptors (Lipinski definition) is 1. The summed E-state index contributed by atoms with van der Waals surface area (Å²) in [4.78, 5) is 0. The quantitative estimate of drug-likeness (QED) is 0.740. The van der Waals surface area contributed by atoms with Crippen LogP contribution in [0, 0.1) is 6.92 Å². The molecule has 0 saturated carbocycles. The van der Waals surface area contributed by atoms with Crippen molar-refractivity contribution in [2.45, 2.75) is 39.5 Å². The Morgan fingerprint density at radius 1 is 1.07 bits per heavy atom. The second-order valence-electron chi connectivity index (χ2n) is 3.88. The maximum atomic E-state index is 3.40. The minimum Gasteiger partial charge on any atom is -0.317 e. The molecule has 1 N–H and O–H groups in total. The van der Waals surface area contributed by atoms with Gasteiger partial charge in [0.05, 0.1) is 0 Å². The molecule has 0 radical (unpaired) electrons. The topological polar surface area (TPSA) is 12.0 Å². The SMILES string of the molecule is CC.Cc1ccccc1C1CCNCC1. The van der Waals surface area contributed by atoms with E-state index in [1.807, 2.05) is 13.8 Å². The van der Waals surface area contributed by atoms with Gasteiger partial charge in [-0.15, -0.1) is 0 Å². The first-order chi connectivity index (χ1) is 7.38. The lowest BCUT2D eigenvalue weighted by Crippen LogP contribution is -2.26. The number of benzene rings is 1. The minimum atomic E-state index is 0.794. The van der Waals surface area contributed by atoms with E-state index in [1.54, 1.807) is 5.56 Å². The zero-order valence-electron chi connectivity index (χ0n) is 10.2. The van der Waals surface area contributed by atoms with Crippen molar-refractivity contribution in [3.63, 3.8) is 0 Å². The van der Waals surface area contributed by atoms with E-state index in [4.69, 9.17) is 0 Å². The first-order valence-electron chi connectivity index (χ1n) is 6.14. The van der Waals surface area contributed by atoms with E-state index >= 15 is 0 Å². The summed E-state index contributed by atoms with van der Waals surface area (Å²) >= 11 is 0. The summed E-state index contributed by atoms with van der Waals surface area (Å²) in [5, 5.41) is 3.40. The molecule has 0 bridgehead atoms. The van der Waals surface area contributed by atoms with Gasteiger partial charge >= 0.3 is 0 Å². The van der Waals surface area contributed by atoms with E-state index in [-0.39, 0.29) is 0 Å². The minimum absolute atomic E-state index is 0.794. The molecule has 2 rings (SSSR count). The van der Waals surface area contributed by atoms with Gasteiger partial charge in [-0.1, -0.05) is 38.1 Å². The standard InChI is InChI=1S/C12H17N.C2H6/c1-10-4-2-3-5-12(10)11-6-8-13-9-7-11;1-2/h2-5,11,13H,6-9H2,1H3;1-2H3. The molecule has 1 aromatic carbocycles. The van der Waals surface area contributed by atoms with Gasteiger partial charge in [0.1, 0.15) is 0 Å². The van der Waals surface area contributed by atoms with Crippen LogP contribution in [0.1, 0.15) is 43.7 Å². The number of aryl methyl sites for hydroxylation is 1. The van der Waals surface area contributed by atoms with Gasteiger partial charge in [-0.05, 0) is 49.9 Å². The summed E-state index contributed by atoms with van der Waals surface area (Å²) in [6.07, 6.45) is 2.59. The first-order valence-corrected chi connectivity index (χ1v) is 6.14. The average Bonchev–Trinajstić information content (AvgIpc) is 2.33. The van der Waals surface area contributed by atoms with Gasteiger partial charge in [-0.25, -0.2) is 0 Å². The van der Waals surface area contributed by atoms with Crippen LogP contribution in [0.5, 0.6) is 0 Å². The molecule has 0 unspecified atom stereocenters. The lowest BCUT2D eigenvalue weighted by atomic mass is 9.88. The van der Waals surface area contributed by atoms with Crippen molar-refractivity contribution in [2.24, 2.45) is 0 Å². The molecule has 0 aliphatic carbocycles. The Bertz CT molecular complexity index is 274. The molecular formula is C14H23N. The van der Waals surface area contributed by atoms with E-state index in [0.29, 0.717) is 0 Å². The lowest BCUT2D eigenvalue weighted by Gasteiger charge is -2.24. The van der Waals surface area contributed by atoms with Gasteiger partial charge in [0.2, 0.25) is 0 Å². The molecule has 0 amide bonds. The third kappa shape index (κ3) is 3.35. The molecule has 0 spiro atoms. The van der Waals surface area contributed by atoms with Gasteiger partial charge < -0.3 is 5.32 Å². The van der Waals surface area contributed by atoms with Crippen molar-refractivity contribution < 1.29 is 0 Å². The summed E-state index contributed by atoms with van der Waals surface area (Å²) < 4.78 is 0. The van der Waals surface area contributed by atoms with Gasteiger partial charge in [0, 0.05) is 0 Å². The molecule has 1 fully saturated rings. The van der Waals surface area contributed by atoms with Crippen LogP contribution < -0.4 is 5.32 Å². The molecule has 1 aliphatic heterocycles. The number of piperidine rings is 1. The van der Waals surface area contributed by atoms with Crippen molar-refractivity contribution in [3.05, 3.63) is 35.4 Å². The fraction of sp³-hybridized carbons (Fsp3) is 0.571. The predicted octanol–water partition coefficient (Wildman–Crippen LogP) is 3.49. The second-order valence-corrected chi connectivity index (χ2v) is 3.88. The zero-order valence-corrected chi connectivity index (χ0v) is 10.2. The third-order valence-electron chi connectivity index (χ3n) is 2.97. The number of nitrogens with one attached hydrogen (secondary N) is 1. The van der Waals surface area contributed by atoms with E-state index in [9.17, 15) is 0 Å². The summed E-state index contributed by atoms with van der Waals surface area (Å²) in [6.45, 7) is 8.58. The highest BCUT2D eigenvalue weighted by Crippen LogP contribution is 2.27. The van der Waals surface area contributed by atoms with Gasteiger partial charge in [0.15, 0.2) is 0 Å². The molecule has 0 atom stereocenters. The third-order valence-corrected chi connectivity index (χ3v) is 2.97. The van der Waals surface area contributed by atoms with Crippen LogP contribution in [0.3, 0.4) is 0 Å². The highest BCUT2D eigenvalue weighted by Gasteiger charge is 2.15. The van der Waals surface area contributed by atoms with Crippen molar-refractivity contribution >= 4 is 0 Å². The van der Waals surface area contributed by atoms with Crippen LogP contribution in [0.4, 0.5) is 0 Å². The van der Waals surface area contributed by atoms with E-state index < -0.39 is 0 Å². The Balaban J connectivity index is 0.000000531. The lowest BCUT2D eigenvalue weighted by molar-refractivity contribution is 0.459. The molecule has 0 aromatic heterocycles. The predicted molar refractivity (Wildman–Crippen MR) is 67.4 cm³/mol. The smallest absolute Gasteiger partial charge is 0.00431 e. The van der Waals surface area contributed by atoms with Crippen molar-refractivity contribution in [2.75, 3.05) is 13.1 Å². The first kappa shape index (κ1) is 12.3. The Labute approximate surface area is 93.9 Å². The molecule has 15 heavy (non-hydrogen) atoms. The molecule has 1 aliphatic rings. The van der Waals surface area contributed by atoms with Crippen molar-refractivity contribution in [3.8, 4) is 0 Å². The fourth-order valence-corrected chi connectivity index (χ4v) is 2.18. The van der Waals surface area contributed by atoms with Crippen molar-refractivity contribution in [1.29, 1.82) is 0 Å². The van der Waals surface area contributed by atoms with Crippen molar-refractivity contribution in [1.82, 2.24) is 5.32 Å². The Kier molecular flexibility index (Phi) is 5.41. The van der Waals surface area contributed by atoms with Crippen LogP contribution in [-0.2, 0) is 0 Å². The van der Waals surface area contributed by atoms with Gasteiger partial charge in [-0.2, -0.15) is 0 Å². The zero-order chi connectivity index (χ0) is 11.1. The van der Waals surface area contributed by atoms with Gasteiger partial charge in [-0.3, -0.25) is 0 Å². The Hall–Kier alpha value is -0.820. The van der Waals surface area contributed by atoms with Crippen LogP contribution in [0.25, 0.3) is 0 Å². The molecule has 1 aromatic rings. The fourth-order valence-electron chi connectivity index (χ4n) is 2.18. The van der Waals surface area contributed by atoms with Crippen LogP contribution >= 0.6 is 0 Å². The van der Waals surface area contributed by atoms with E-state index in [2.05, 4.69) is 36.5 Å².